The van der Waals surface area contributed by atoms with Crippen LogP contribution in [0.2, 0.25) is 0 Å². The standard InChI is InChI=1S/C28H37N5O3S2/c1-2-22-7-12-25-26(21-22)37-28(30-25)32-19-17-31(18-20-32)16-13-29-27(34)23-8-10-24(11-9-23)38(35,36)33-14-5-3-4-6-15-33/h7-12,21H,2-6,13-20H2,1H3,(H,29,34). The fourth-order valence-corrected chi connectivity index (χ4v) is 7.71. The SMILES string of the molecule is CCc1ccc2nc(N3CCN(CCNC(=O)c4ccc(S(=O)(=O)N5CCCCCC5)cc4)CC3)sc2c1. The molecule has 3 heterocycles. The van der Waals surface area contributed by atoms with Crippen molar-refractivity contribution in [3.8, 4) is 0 Å². The molecule has 0 unspecified atom stereocenters. The summed E-state index contributed by atoms with van der Waals surface area (Å²) in [4.78, 5) is 22.5. The zero-order chi connectivity index (χ0) is 26.5. The predicted molar refractivity (Wildman–Crippen MR) is 154 cm³/mol. The molecule has 0 spiro atoms. The summed E-state index contributed by atoms with van der Waals surface area (Å²) in [6.07, 6.45) is 4.98. The Bertz CT molecular complexity index is 1340. The summed E-state index contributed by atoms with van der Waals surface area (Å²) in [6.45, 7) is 8.32. The van der Waals surface area contributed by atoms with Crippen LogP contribution in [0, 0.1) is 0 Å². The molecule has 0 bridgehead atoms. The highest BCUT2D eigenvalue weighted by atomic mass is 32.2. The van der Waals surface area contributed by atoms with E-state index in [1.165, 1.54) is 10.3 Å². The van der Waals surface area contributed by atoms with Crippen LogP contribution in [0.3, 0.4) is 0 Å². The molecule has 10 heteroatoms. The number of fused-ring (bicyclic) bond motifs is 1. The minimum atomic E-state index is -3.51. The number of anilines is 1. The van der Waals surface area contributed by atoms with Crippen molar-refractivity contribution in [1.29, 1.82) is 0 Å². The number of rotatable bonds is 8. The topological polar surface area (TPSA) is 85.9 Å². The molecule has 0 atom stereocenters. The maximum absolute atomic E-state index is 13.0. The molecule has 1 amide bonds. The summed E-state index contributed by atoms with van der Waals surface area (Å²) in [6, 6.07) is 12.9. The molecule has 3 aromatic rings. The van der Waals surface area contributed by atoms with Gasteiger partial charge in [0.2, 0.25) is 10.0 Å². The zero-order valence-electron chi connectivity index (χ0n) is 22.1. The van der Waals surface area contributed by atoms with Crippen molar-refractivity contribution < 1.29 is 13.2 Å². The fourth-order valence-electron chi connectivity index (χ4n) is 5.11. The highest BCUT2D eigenvalue weighted by molar-refractivity contribution is 7.89. The van der Waals surface area contributed by atoms with Crippen LogP contribution in [0.15, 0.2) is 47.4 Å². The third-order valence-corrected chi connectivity index (χ3v) is 10.5. The van der Waals surface area contributed by atoms with Gasteiger partial charge in [-0.05, 0) is 61.2 Å². The van der Waals surface area contributed by atoms with E-state index < -0.39 is 10.0 Å². The smallest absolute Gasteiger partial charge is 0.251 e. The van der Waals surface area contributed by atoms with Gasteiger partial charge >= 0.3 is 0 Å². The van der Waals surface area contributed by atoms with Crippen molar-refractivity contribution in [2.24, 2.45) is 0 Å². The number of piperazine rings is 1. The van der Waals surface area contributed by atoms with Gasteiger partial charge in [0.25, 0.3) is 5.91 Å². The summed E-state index contributed by atoms with van der Waals surface area (Å²) < 4.78 is 28.8. The van der Waals surface area contributed by atoms with E-state index in [1.807, 2.05) is 0 Å². The van der Waals surface area contributed by atoms with E-state index in [0.29, 0.717) is 25.2 Å². The summed E-state index contributed by atoms with van der Waals surface area (Å²) >= 11 is 1.76. The number of sulfonamides is 1. The van der Waals surface area contributed by atoms with Crippen LogP contribution in [0.25, 0.3) is 10.2 Å². The van der Waals surface area contributed by atoms with Crippen LogP contribution < -0.4 is 10.2 Å². The Labute approximate surface area is 229 Å². The molecule has 2 aromatic carbocycles. The van der Waals surface area contributed by atoms with Crippen LogP contribution in [-0.4, -0.2) is 80.9 Å². The number of nitrogens with zero attached hydrogens (tertiary/aromatic N) is 4. The Morgan fingerprint density at radius 2 is 1.66 bits per heavy atom. The highest BCUT2D eigenvalue weighted by Gasteiger charge is 2.25. The van der Waals surface area contributed by atoms with E-state index in [-0.39, 0.29) is 10.8 Å². The molecule has 8 nitrogen and oxygen atoms in total. The number of amides is 1. The number of hydrogen-bond donors (Lipinski definition) is 1. The molecule has 5 rings (SSSR count). The van der Waals surface area contributed by atoms with Crippen LogP contribution in [0.1, 0.15) is 48.5 Å². The molecule has 0 saturated carbocycles. The first kappa shape index (κ1) is 27.1. The molecule has 204 valence electrons. The second kappa shape index (κ2) is 12.1. The molecular formula is C28H37N5O3S2. The first-order chi connectivity index (χ1) is 18.4. The molecule has 2 aliphatic heterocycles. The van der Waals surface area contributed by atoms with Gasteiger partial charge in [0.05, 0.1) is 15.1 Å². The third-order valence-electron chi connectivity index (χ3n) is 7.53. The second-order valence-corrected chi connectivity index (χ2v) is 13.0. The van der Waals surface area contributed by atoms with Gasteiger partial charge in [0.15, 0.2) is 5.13 Å². The van der Waals surface area contributed by atoms with Gasteiger partial charge in [-0.3, -0.25) is 9.69 Å². The monoisotopic (exact) mass is 555 g/mol. The second-order valence-electron chi connectivity index (χ2n) is 10.1. The van der Waals surface area contributed by atoms with Gasteiger partial charge < -0.3 is 10.2 Å². The summed E-state index contributed by atoms with van der Waals surface area (Å²) in [5, 5.41) is 4.07. The Morgan fingerprint density at radius 1 is 0.947 bits per heavy atom. The number of thiazole rings is 1. The predicted octanol–water partition coefficient (Wildman–Crippen LogP) is 3.98. The molecular weight excluding hydrogens is 518 g/mol. The van der Waals surface area contributed by atoms with Crippen LogP contribution in [-0.2, 0) is 16.4 Å². The minimum absolute atomic E-state index is 0.178. The number of aryl methyl sites for hydroxylation is 1. The van der Waals surface area contributed by atoms with E-state index in [1.54, 1.807) is 39.9 Å². The Morgan fingerprint density at radius 3 is 2.34 bits per heavy atom. The van der Waals surface area contributed by atoms with E-state index in [9.17, 15) is 13.2 Å². The van der Waals surface area contributed by atoms with Crippen molar-refractivity contribution in [3.05, 3.63) is 53.6 Å². The van der Waals surface area contributed by atoms with Gasteiger partial charge in [-0.1, -0.05) is 37.2 Å². The zero-order valence-corrected chi connectivity index (χ0v) is 23.7. The lowest BCUT2D eigenvalue weighted by Gasteiger charge is -2.34. The largest absolute Gasteiger partial charge is 0.351 e. The van der Waals surface area contributed by atoms with Crippen LogP contribution >= 0.6 is 11.3 Å². The average molecular weight is 556 g/mol. The first-order valence-electron chi connectivity index (χ1n) is 13.7. The Balaban J connectivity index is 1.08. The van der Waals surface area contributed by atoms with E-state index in [4.69, 9.17) is 4.98 Å². The normalized spacial score (nSPS) is 18.0. The minimum Gasteiger partial charge on any atom is -0.351 e. The maximum atomic E-state index is 13.0. The van der Waals surface area contributed by atoms with Gasteiger partial charge in [0.1, 0.15) is 0 Å². The van der Waals surface area contributed by atoms with E-state index >= 15 is 0 Å². The third kappa shape index (κ3) is 6.20. The lowest BCUT2D eigenvalue weighted by molar-refractivity contribution is 0.0947. The molecule has 1 aromatic heterocycles. The molecule has 0 radical (unpaired) electrons. The number of hydrogen-bond acceptors (Lipinski definition) is 7. The maximum Gasteiger partial charge on any atom is 0.251 e. The summed E-state index contributed by atoms with van der Waals surface area (Å²) in [5.41, 5.74) is 2.89. The summed E-state index contributed by atoms with van der Waals surface area (Å²) in [7, 11) is -3.51. The van der Waals surface area contributed by atoms with Crippen LogP contribution in [0.4, 0.5) is 5.13 Å². The van der Waals surface area contributed by atoms with Gasteiger partial charge in [-0.25, -0.2) is 13.4 Å². The van der Waals surface area contributed by atoms with Crippen molar-refractivity contribution in [2.75, 3.05) is 57.3 Å². The molecule has 2 saturated heterocycles. The molecule has 2 aliphatic rings. The quantitative estimate of drug-likeness (QED) is 0.453. The number of benzene rings is 2. The highest BCUT2D eigenvalue weighted by Crippen LogP contribution is 2.30. The van der Waals surface area contributed by atoms with E-state index in [0.717, 1.165) is 75.5 Å². The average Bonchev–Trinajstić information content (AvgIpc) is 3.16. The number of nitrogens with one attached hydrogen (secondary N) is 1. The van der Waals surface area contributed by atoms with Crippen molar-refractivity contribution >= 4 is 42.6 Å². The molecule has 0 aliphatic carbocycles. The summed E-state index contributed by atoms with van der Waals surface area (Å²) in [5.74, 6) is -0.178. The number of carbonyl (C=O) groups is 1. The van der Waals surface area contributed by atoms with Crippen molar-refractivity contribution in [2.45, 2.75) is 43.9 Å². The molecule has 2 fully saturated rings. The van der Waals surface area contributed by atoms with Crippen LogP contribution in [0.5, 0.6) is 0 Å². The molecule has 38 heavy (non-hydrogen) atoms. The lowest BCUT2D eigenvalue weighted by Crippen LogP contribution is -2.48. The van der Waals surface area contributed by atoms with Gasteiger partial charge in [0, 0.05) is 57.9 Å². The van der Waals surface area contributed by atoms with E-state index in [2.05, 4.69) is 40.2 Å². The Hall–Kier alpha value is -2.53. The fraction of sp³-hybridized carbons (Fsp3) is 0.500. The van der Waals surface area contributed by atoms with Crippen molar-refractivity contribution in [1.82, 2.24) is 19.5 Å². The number of aromatic nitrogens is 1. The Kier molecular flexibility index (Phi) is 8.62. The first-order valence-corrected chi connectivity index (χ1v) is 15.9. The molecule has 1 N–H and O–H groups in total. The van der Waals surface area contributed by atoms with Gasteiger partial charge in [-0.2, -0.15) is 4.31 Å². The van der Waals surface area contributed by atoms with Gasteiger partial charge in [-0.15, -0.1) is 0 Å². The number of carbonyl (C=O) groups excluding carboxylic acids is 1. The lowest BCUT2D eigenvalue weighted by atomic mass is 10.2. The van der Waals surface area contributed by atoms with Crippen molar-refractivity contribution in [3.63, 3.8) is 0 Å².